The highest BCUT2D eigenvalue weighted by Crippen LogP contribution is 2.30. The van der Waals surface area contributed by atoms with E-state index in [0.717, 1.165) is 13.2 Å². The molecule has 3 rings (SSSR count). The maximum atomic E-state index is 12.6. The molecule has 0 aliphatic carbocycles. The minimum absolute atomic E-state index is 0. The number of ether oxygens (including phenoxy) is 5. The van der Waals surface area contributed by atoms with Crippen LogP contribution in [0.1, 0.15) is 123 Å². The first kappa shape index (κ1) is 45.9. The summed E-state index contributed by atoms with van der Waals surface area (Å²) in [6.45, 7) is 27.7. The van der Waals surface area contributed by atoms with Crippen LogP contribution in [0, 0.1) is 11.3 Å². The molecule has 11 nitrogen and oxygen atoms in total. The molecule has 11 heteroatoms. The van der Waals surface area contributed by atoms with Gasteiger partial charge in [-0.05, 0) is 94.9 Å². The summed E-state index contributed by atoms with van der Waals surface area (Å²) in [5.41, 5.74) is -0.566. The molecular formula is C38H68N2O9. The first-order valence-electron chi connectivity index (χ1n) is 17.3. The zero-order valence-electron chi connectivity index (χ0n) is 32.0. The number of hydrogen-bond acceptors (Lipinski definition) is 9. The summed E-state index contributed by atoms with van der Waals surface area (Å²) in [7, 11) is 0. The molecule has 0 aromatic heterocycles. The minimum Gasteiger partial charge on any atom is -0.498 e. The Hall–Kier alpha value is -3.08. The summed E-state index contributed by atoms with van der Waals surface area (Å²) in [5.74, 6) is -0.0413. The van der Waals surface area contributed by atoms with Crippen LogP contribution in [0.15, 0.2) is 23.7 Å². The number of likely N-dealkylation sites (tertiary alicyclic amines) is 2. The normalized spacial score (nSPS) is 21.5. The molecule has 0 radical (unpaired) electrons. The molecular weight excluding hydrogens is 628 g/mol. The van der Waals surface area contributed by atoms with Crippen molar-refractivity contribution in [3.63, 3.8) is 0 Å². The molecule has 3 saturated heterocycles. The molecule has 0 spiro atoms. The third-order valence-corrected chi connectivity index (χ3v) is 7.33. The van der Waals surface area contributed by atoms with E-state index in [4.69, 9.17) is 23.7 Å². The van der Waals surface area contributed by atoms with Gasteiger partial charge >= 0.3 is 12.2 Å². The number of carbonyl (C=O) groups is 4. The Balaban J connectivity index is 0.000000806. The highest BCUT2D eigenvalue weighted by Gasteiger charge is 2.37. The lowest BCUT2D eigenvalue weighted by Gasteiger charge is -2.26. The van der Waals surface area contributed by atoms with Gasteiger partial charge in [0.1, 0.15) is 11.2 Å². The van der Waals surface area contributed by atoms with Crippen molar-refractivity contribution in [1.82, 2.24) is 9.80 Å². The molecule has 2 amide bonds. The van der Waals surface area contributed by atoms with E-state index in [-0.39, 0.29) is 56.3 Å². The van der Waals surface area contributed by atoms with Crippen LogP contribution in [0.25, 0.3) is 0 Å². The summed E-state index contributed by atoms with van der Waals surface area (Å²) in [6, 6.07) is 0. The third-order valence-electron chi connectivity index (χ3n) is 7.33. The minimum atomic E-state index is -0.554. The van der Waals surface area contributed by atoms with Crippen molar-refractivity contribution in [2.75, 3.05) is 39.4 Å². The second-order valence-electron chi connectivity index (χ2n) is 15.8. The molecule has 0 aromatic rings. The number of carbonyl (C=O) groups excluding carboxylic acids is 4. The van der Waals surface area contributed by atoms with E-state index in [9.17, 15) is 19.2 Å². The van der Waals surface area contributed by atoms with Crippen LogP contribution in [-0.4, -0.2) is 96.4 Å². The SMILES string of the molecule is C.C1CCOC1.CC(C)O/C=C1/CN(C(=O)OC(C)(C)C)CCC(C)(C)C1=O.CC(C)O/C=C1\CN(C(=O)OC(C)(C)C)CCC(C)C1=O. The van der Waals surface area contributed by atoms with E-state index in [2.05, 4.69) is 0 Å². The predicted molar refractivity (Wildman–Crippen MR) is 193 cm³/mol. The van der Waals surface area contributed by atoms with E-state index in [1.807, 2.05) is 90.0 Å². The van der Waals surface area contributed by atoms with E-state index in [1.54, 1.807) is 9.80 Å². The van der Waals surface area contributed by atoms with Crippen LogP contribution in [-0.2, 0) is 33.3 Å². The van der Waals surface area contributed by atoms with Gasteiger partial charge in [0.25, 0.3) is 0 Å². The summed E-state index contributed by atoms with van der Waals surface area (Å²) in [4.78, 5) is 52.5. The van der Waals surface area contributed by atoms with Crippen molar-refractivity contribution in [3.8, 4) is 0 Å². The van der Waals surface area contributed by atoms with Crippen LogP contribution in [0.2, 0.25) is 0 Å². The number of hydrogen-bond donors (Lipinski definition) is 0. The Morgan fingerprint density at radius 3 is 1.63 bits per heavy atom. The highest BCUT2D eigenvalue weighted by atomic mass is 16.6. The monoisotopic (exact) mass is 696 g/mol. The maximum Gasteiger partial charge on any atom is 0.410 e. The highest BCUT2D eigenvalue weighted by molar-refractivity contribution is 6.00. The zero-order valence-corrected chi connectivity index (χ0v) is 32.0. The van der Waals surface area contributed by atoms with Crippen LogP contribution in [0.5, 0.6) is 0 Å². The third kappa shape index (κ3) is 18.5. The fraction of sp³-hybridized carbons (Fsp3) is 0.789. The first-order chi connectivity index (χ1) is 22.0. The maximum absolute atomic E-state index is 12.6. The summed E-state index contributed by atoms with van der Waals surface area (Å²) in [6.07, 6.45) is 5.99. The van der Waals surface area contributed by atoms with Crippen molar-refractivity contribution < 1.29 is 42.9 Å². The van der Waals surface area contributed by atoms with Gasteiger partial charge in [0.2, 0.25) is 0 Å². The molecule has 3 aliphatic rings. The average molecular weight is 697 g/mol. The molecule has 0 N–H and O–H groups in total. The number of amides is 2. The van der Waals surface area contributed by atoms with Gasteiger partial charge in [-0.3, -0.25) is 9.59 Å². The van der Waals surface area contributed by atoms with Crippen molar-refractivity contribution in [1.29, 1.82) is 0 Å². The van der Waals surface area contributed by atoms with Crippen LogP contribution in [0.4, 0.5) is 9.59 Å². The van der Waals surface area contributed by atoms with Crippen molar-refractivity contribution >= 4 is 23.8 Å². The van der Waals surface area contributed by atoms with Gasteiger partial charge in [0.15, 0.2) is 11.6 Å². The molecule has 3 aliphatic heterocycles. The molecule has 1 atom stereocenters. The predicted octanol–water partition coefficient (Wildman–Crippen LogP) is 8.11. The van der Waals surface area contributed by atoms with Gasteiger partial charge in [0, 0.05) is 48.8 Å². The molecule has 0 bridgehead atoms. The Morgan fingerprint density at radius 1 is 0.796 bits per heavy atom. The Morgan fingerprint density at radius 2 is 1.22 bits per heavy atom. The van der Waals surface area contributed by atoms with Crippen molar-refractivity contribution in [2.45, 2.75) is 147 Å². The van der Waals surface area contributed by atoms with Gasteiger partial charge in [0.05, 0.1) is 37.8 Å². The van der Waals surface area contributed by atoms with Crippen LogP contribution >= 0.6 is 0 Å². The van der Waals surface area contributed by atoms with E-state index < -0.39 is 22.7 Å². The summed E-state index contributed by atoms with van der Waals surface area (Å²) < 4.78 is 26.6. The standard InChI is InChI=1S/C17H29NO4.C16H27NO4.C4H8O.CH4/c1-12(2)21-11-13-10-18(15(20)22-16(3,4)5)9-8-17(6,7)14(13)19;1-11(2)20-10-13-9-17(8-7-12(3)14(13)18)15(19)21-16(4,5)6;1-2-4-5-3-1;/h11-12H,8-10H2,1-7H3;10-12H,7-9H2,1-6H3;1-4H2;1H4/b13-11-;13-10+;;. The second-order valence-corrected chi connectivity index (χ2v) is 15.8. The fourth-order valence-electron chi connectivity index (χ4n) is 4.58. The van der Waals surface area contributed by atoms with Gasteiger partial charge in [-0.1, -0.05) is 28.2 Å². The van der Waals surface area contributed by atoms with E-state index >= 15 is 0 Å². The number of Topliss-reactive ketones (excluding diaryl/α,β-unsaturated/α-hetero) is 2. The quantitative estimate of drug-likeness (QED) is 0.212. The summed E-state index contributed by atoms with van der Waals surface area (Å²) in [5, 5.41) is 0. The van der Waals surface area contributed by atoms with Gasteiger partial charge in [-0.25, -0.2) is 9.59 Å². The molecule has 1 unspecified atom stereocenters. The fourth-order valence-corrected chi connectivity index (χ4v) is 4.58. The topological polar surface area (TPSA) is 121 Å². The lowest BCUT2D eigenvalue weighted by molar-refractivity contribution is -0.123. The van der Waals surface area contributed by atoms with E-state index in [0.29, 0.717) is 37.1 Å². The van der Waals surface area contributed by atoms with Crippen LogP contribution < -0.4 is 0 Å². The van der Waals surface area contributed by atoms with E-state index in [1.165, 1.54) is 25.4 Å². The smallest absolute Gasteiger partial charge is 0.410 e. The zero-order chi connectivity index (χ0) is 36.9. The lowest BCUT2D eigenvalue weighted by Crippen LogP contribution is -2.38. The van der Waals surface area contributed by atoms with Gasteiger partial charge < -0.3 is 33.5 Å². The molecule has 49 heavy (non-hydrogen) atoms. The molecule has 3 heterocycles. The summed E-state index contributed by atoms with van der Waals surface area (Å²) >= 11 is 0. The molecule has 3 fully saturated rings. The van der Waals surface area contributed by atoms with Crippen molar-refractivity contribution in [2.24, 2.45) is 11.3 Å². The molecule has 0 saturated carbocycles. The Bertz CT molecular complexity index is 1120. The number of nitrogens with zero attached hydrogens (tertiary/aromatic N) is 2. The number of ketones is 2. The second kappa shape index (κ2) is 20.6. The van der Waals surface area contributed by atoms with Gasteiger partial charge in [-0.2, -0.15) is 0 Å². The molecule has 0 aromatic carbocycles. The van der Waals surface area contributed by atoms with Crippen LogP contribution in [0.3, 0.4) is 0 Å². The first-order valence-corrected chi connectivity index (χ1v) is 17.3. The number of rotatable bonds is 4. The van der Waals surface area contributed by atoms with Gasteiger partial charge in [-0.15, -0.1) is 0 Å². The average Bonchev–Trinajstić information content (AvgIpc) is 3.47. The van der Waals surface area contributed by atoms with Crippen molar-refractivity contribution in [3.05, 3.63) is 23.7 Å². The largest absolute Gasteiger partial charge is 0.498 e. The Labute approximate surface area is 297 Å². The Kier molecular flexibility index (Phi) is 19.3. The lowest BCUT2D eigenvalue weighted by atomic mass is 9.82. The molecule has 284 valence electrons.